The van der Waals surface area contributed by atoms with E-state index in [0.717, 1.165) is 11.1 Å². The van der Waals surface area contributed by atoms with Crippen molar-refractivity contribution in [2.24, 2.45) is 11.1 Å². The van der Waals surface area contributed by atoms with Gasteiger partial charge in [0.05, 0.1) is 5.92 Å². The van der Waals surface area contributed by atoms with Gasteiger partial charge in [-0.05, 0) is 17.0 Å². The Morgan fingerprint density at radius 1 is 1.13 bits per heavy atom. The van der Waals surface area contributed by atoms with Crippen molar-refractivity contribution < 1.29 is 14.3 Å². The number of hydrogen-bond donors (Lipinski definition) is 1. The number of ether oxygens (including phenoxy) is 2. The largest absolute Gasteiger partial charge is 0.489 e. The molecule has 1 aliphatic carbocycles. The fourth-order valence-electron chi connectivity index (χ4n) is 4.18. The second-order valence-electron chi connectivity index (χ2n) is 8.51. The van der Waals surface area contributed by atoms with Gasteiger partial charge in [0, 0.05) is 24.0 Å². The molecule has 0 aromatic heterocycles. The van der Waals surface area contributed by atoms with Gasteiger partial charge < -0.3 is 15.2 Å². The second kappa shape index (κ2) is 7.72. The van der Waals surface area contributed by atoms with Gasteiger partial charge in [0.25, 0.3) is 0 Å². The first-order valence-electron chi connectivity index (χ1n) is 9.99. The molecule has 2 aromatic carbocycles. The van der Waals surface area contributed by atoms with E-state index in [1.54, 1.807) is 0 Å². The molecular weight excluding hydrogens is 376 g/mol. The standard InChI is InChI=1S/C25H24N2O3/c1-25(2)12-19(28)23-21(13-25)30-24(27)18(14-26)22(23)17-10-6-7-11-20(17)29-15-16-8-4-3-5-9-16/h3-11,22H,12-13,15,27H2,1-2H3/t22-/m1/s1. The minimum atomic E-state index is -0.589. The van der Waals surface area contributed by atoms with Crippen molar-refractivity contribution in [3.05, 3.63) is 88.5 Å². The van der Waals surface area contributed by atoms with Crippen LogP contribution in [0, 0.1) is 16.7 Å². The Labute approximate surface area is 176 Å². The van der Waals surface area contributed by atoms with Gasteiger partial charge in [0.15, 0.2) is 5.78 Å². The maximum absolute atomic E-state index is 13.1. The third kappa shape index (κ3) is 3.69. The highest BCUT2D eigenvalue weighted by Gasteiger charge is 2.43. The van der Waals surface area contributed by atoms with Crippen LogP contribution in [0.25, 0.3) is 0 Å². The first-order chi connectivity index (χ1) is 14.4. The molecule has 30 heavy (non-hydrogen) atoms. The number of hydrogen-bond acceptors (Lipinski definition) is 5. The van der Waals surface area contributed by atoms with Crippen LogP contribution in [0.4, 0.5) is 0 Å². The molecule has 5 nitrogen and oxygen atoms in total. The van der Waals surface area contributed by atoms with E-state index < -0.39 is 5.92 Å². The summed E-state index contributed by atoms with van der Waals surface area (Å²) in [4.78, 5) is 13.1. The number of para-hydroxylation sites is 1. The molecule has 5 heteroatoms. The van der Waals surface area contributed by atoms with Crippen LogP contribution in [0.15, 0.2) is 77.4 Å². The lowest BCUT2D eigenvalue weighted by atomic mass is 9.70. The zero-order chi connectivity index (χ0) is 21.3. The second-order valence-corrected chi connectivity index (χ2v) is 8.51. The zero-order valence-corrected chi connectivity index (χ0v) is 17.1. The van der Waals surface area contributed by atoms with E-state index >= 15 is 0 Å². The third-order valence-corrected chi connectivity index (χ3v) is 5.54. The summed E-state index contributed by atoms with van der Waals surface area (Å²) in [7, 11) is 0. The summed E-state index contributed by atoms with van der Waals surface area (Å²) in [5.41, 5.74) is 8.46. The highest BCUT2D eigenvalue weighted by Crippen LogP contribution is 2.49. The van der Waals surface area contributed by atoms with Crippen LogP contribution in [0.5, 0.6) is 5.75 Å². The average Bonchev–Trinajstić information content (AvgIpc) is 2.71. The Bertz CT molecular complexity index is 1090. The minimum absolute atomic E-state index is 0.00985. The Hall–Kier alpha value is -3.52. The molecule has 152 valence electrons. The molecule has 0 radical (unpaired) electrons. The van der Waals surface area contributed by atoms with Crippen molar-refractivity contribution >= 4 is 5.78 Å². The zero-order valence-electron chi connectivity index (χ0n) is 17.1. The van der Waals surface area contributed by atoms with Crippen LogP contribution in [0.3, 0.4) is 0 Å². The smallest absolute Gasteiger partial charge is 0.205 e. The fourth-order valence-corrected chi connectivity index (χ4v) is 4.18. The third-order valence-electron chi connectivity index (χ3n) is 5.54. The van der Waals surface area contributed by atoms with Crippen molar-refractivity contribution in [3.63, 3.8) is 0 Å². The summed E-state index contributed by atoms with van der Waals surface area (Å²) < 4.78 is 11.9. The summed E-state index contributed by atoms with van der Waals surface area (Å²) in [6, 6.07) is 19.5. The van der Waals surface area contributed by atoms with Crippen molar-refractivity contribution in [2.75, 3.05) is 0 Å². The molecule has 0 spiro atoms. The highest BCUT2D eigenvalue weighted by atomic mass is 16.5. The Balaban J connectivity index is 1.77. The van der Waals surface area contributed by atoms with E-state index in [1.807, 2.05) is 68.4 Å². The summed E-state index contributed by atoms with van der Waals surface area (Å²) in [5.74, 6) is 0.650. The number of nitriles is 1. The maximum atomic E-state index is 13.1. The van der Waals surface area contributed by atoms with Crippen LogP contribution >= 0.6 is 0 Å². The molecule has 0 saturated heterocycles. The number of rotatable bonds is 4. The van der Waals surface area contributed by atoms with Gasteiger partial charge in [-0.25, -0.2) is 0 Å². The number of allylic oxidation sites excluding steroid dienone is 3. The van der Waals surface area contributed by atoms with Gasteiger partial charge >= 0.3 is 0 Å². The van der Waals surface area contributed by atoms with E-state index in [9.17, 15) is 10.1 Å². The number of carbonyl (C=O) groups is 1. The number of ketones is 1. The van der Waals surface area contributed by atoms with E-state index in [2.05, 4.69) is 6.07 Å². The van der Waals surface area contributed by atoms with E-state index in [4.69, 9.17) is 15.2 Å². The predicted molar refractivity (Wildman–Crippen MR) is 113 cm³/mol. The molecule has 1 atom stereocenters. The molecule has 2 N–H and O–H groups in total. The van der Waals surface area contributed by atoms with Gasteiger partial charge in [-0.1, -0.05) is 62.4 Å². The molecule has 1 aliphatic heterocycles. The lowest BCUT2D eigenvalue weighted by molar-refractivity contribution is -0.119. The first kappa shape index (κ1) is 19.8. The fraction of sp³-hybridized carbons (Fsp3) is 0.280. The average molecular weight is 400 g/mol. The van der Waals surface area contributed by atoms with Crippen LogP contribution in [0.1, 0.15) is 43.7 Å². The van der Waals surface area contributed by atoms with Gasteiger partial charge in [-0.3, -0.25) is 4.79 Å². The molecule has 2 aliphatic rings. The van der Waals surface area contributed by atoms with Crippen molar-refractivity contribution in [3.8, 4) is 11.8 Å². The number of carbonyl (C=O) groups excluding carboxylic acids is 1. The quantitative estimate of drug-likeness (QED) is 0.803. The SMILES string of the molecule is CC1(C)CC(=O)C2=C(C1)OC(N)=C(C#N)[C@H]2c1ccccc1OCc1ccccc1. The van der Waals surface area contributed by atoms with E-state index in [0.29, 0.717) is 36.5 Å². The first-order valence-corrected chi connectivity index (χ1v) is 9.99. The molecule has 0 fully saturated rings. The Morgan fingerprint density at radius 3 is 2.57 bits per heavy atom. The number of benzene rings is 2. The molecular formula is C25H24N2O3. The van der Waals surface area contributed by atoms with Crippen LogP contribution < -0.4 is 10.5 Å². The number of Topliss-reactive ketones (excluding diaryl/α,β-unsaturated/α-hetero) is 1. The minimum Gasteiger partial charge on any atom is -0.489 e. The van der Waals surface area contributed by atoms with Crippen LogP contribution in [0.2, 0.25) is 0 Å². The highest BCUT2D eigenvalue weighted by molar-refractivity contribution is 6.00. The van der Waals surface area contributed by atoms with Crippen LogP contribution in [-0.2, 0) is 16.1 Å². The number of nitrogens with zero attached hydrogens (tertiary/aromatic N) is 1. The van der Waals surface area contributed by atoms with Gasteiger partial charge in [-0.2, -0.15) is 5.26 Å². The molecule has 1 heterocycles. The van der Waals surface area contributed by atoms with E-state index in [1.165, 1.54) is 0 Å². The van der Waals surface area contributed by atoms with Crippen molar-refractivity contribution in [1.29, 1.82) is 5.26 Å². The normalized spacial score (nSPS) is 20.3. The maximum Gasteiger partial charge on any atom is 0.205 e. The lowest BCUT2D eigenvalue weighted by Gasteiger charge is -2.37. The Morgan fingerprint density at radius 2 is 1.83 bits per heavy atom. The molecule has 0 bridgehead atoms. The van der Waals surface area contributed by atoms with Crippen molar-refractivity contribution in [2.45, 2.75) is 39.2 Å². The lowest BCUT2D eigenvalue weighted by Crippen LogP contribution is -2.33. The molecule has 4 rings (SSSR count). The topological polar surface area (TPSA) is 85.3 Å². The molecule has 0 saturated carbocycles. The van der Waals surface area contributed by atoms with E-state index in [-0.39, 0.29) is 22.7 Å². The van der Waals surface area contributed by atoms with Gasteiger partial charge in [0.1, 0.15) is 29.8 Å². The van der Waals surface area contributed by atoms with Crippen LogP contribution in [-0.4, -0.2) is 5.78 Å². The molecule has 2 aromatic rings. The summed E-state index contributed by atoms with van der Waals surface area (Å²) >= 11 is 0. The summed E-state index contributed by atoms with van der Waals surface area (Å²) in [5, 5.41) is 9.83. The molecule has 0 unspecified atom stereocenters. The summed E-state index contributed by atoms with van der Waals surface area (Å²) in [6.07, 6.45) is 0.994. The molecule has 0 amide bonds. The predicted octanol–water partition coefficient (Wildman–Crippen LogP) is 4.72. The van der Waals surface area contributed by atoms with Gasteiger partial charge in [0.2, 0.25) is 5.88 Å². The Kier molecular flexibility index (Phi) is 5.09. The van der Waals surface area contributed by atoms with Gasteiger partial charge in [-0.15, -0.1) is 0 Å². The number of nitrogens with two attached hydrogens (primary N) is 1. The van der Waals surface area contributed by atoms with Crippen molar-refractivity contribution in [1.82, 2.24) is 0 Å². The summed E-state index contributed by atoms with van der Waals surface area (Å²) in [6.45, 7) is 4.45. The monoisotopic (exact) mass is 400 g/mol.